The quantitative estimate of drug-likeness (QED) is 0.717. The van der Waals surface area contributed by atoms with Crippen LogP contribution in [0.25, 0.3) is 0 Å². The number of ketones is 1. The van der Waals surface area contributed by atoms with Gasteiger partial charge in [-0.1, -0.05) is 26.0 Å². The molecule has 1 aromatic carbocycles. The van der Waals surface area contributed by atoms with Crippen LogP contribution >= 0.6 is 0 Å². The van der Waals surface area contributed by atoms with Gasteiger partial charge in [0.05, 0.1) is 0 Å². The van der Waals surface area contributed by atoms with Crippen LogP contribution in [0.2, 0.25) is 0 Å². The highest BCUT2D eigenvalue weighted by Gasteiger charge is 2.18. The third kappa shape index (κ3) is 6.40. The van der Waals surface area contributed by atoms with Crippen molar-refractivity contribution in [1.82, 2.24) is 5.32 Å². The summed E-state index contributed by atoms with van der Waals surface area (Å²) >= 11 is 0. The Bertz CT molecular complexity index is 497. The third-order valence-electron chi connectivity index (χ3n) is 3.16. The maximum Gasteiger partial charge on any atom is 0.257 e. The van der Waals surface area contributed by atoms with Gasteiger partial charge in [0, 0.05) is 18.7 Å². The van der Waals surface area contributed by atoms with E-state index < -0.39 is 0 Å². The van der Waals surface area contributed by atoms with E-state index in [9.17, 15) is 9.59 Å². The molecule has 0 aromatic heterocycles. The van der Waals surface area contributed by atoms with Crippen molar-refractivity contribution < 1.29 is 19.4 Å². The van der Waals surface area contributed by atoms with Gasteiger partial charge in [0.1, 0.15) is 5.75 Å². The summed E-state index contributed by atoms with van der Waals surface area (Å²) in [6.07, 6.45) is 0.620. The number of aliphatic hydroxyl groups excluding tert-OH is 1. The number of carbonyl (C=O) groups excluding carboxylic acids is 2. The number of rotatable bonds is 8. The van der Waals surface area contributed by atoms with Crippen LogP contribution in [0.15, 0.2) is 24.3 Å². The number of hydrogen-bond acceptors (Lipinski definition) is 4. The van der Waals surface area contributed by atoms with Gasteiger partial charge in [-0.15, -0.1) is 0 Å². The predicted octanol–water partition coefficient (Wildman–Crippen LogP) is 1.79. The first-order valence-electron chi connectivity index (χ1n) is 6.95. The molecule has 0 fully saturated rings. The monoisotopic (exact) mass is 293 g/mol. The van der Waals surface area contributed by atoms with E-state index in [4.69, 9.17) is 9.84 Å². The van der Waals surface area contributed by atoms with E-state index in [2.05, 4.69) is 5.32 Å². The molecule has 0 bridgehead atoms. The number of hydrogen-bond donors (Lipinski definition) is 2. The fourth-order valence-corrected chi connectivity index (χ4v) is 1.73. The summed E-state index contributed by atoms with van der Waals surface area (Å²) < 4.78 is 5.37. The molecule has 116 valence electrons. The van der Waals surface area contributed by atoms with Crippen LogP contribution in [0.3, 0.4) is 0 Å². The summed E-state index contributed by atoms with van der Waals surface area (Å²) in [5.74, 6) is 0.220. The molecule has 0 unspecified atom stereocenters. The topological polar surface area (TPSA) is 75.6 Å². The number of Topliss-reactive ketones (excluding diaryl/α,β-unsaturated/α-hetero) is 1. The molecule has 2 N–H and O–H groups in total. The van der Waals surface area contributed by atoms with Crippen LogP contribution in [0, 0.1) is 5.41 Å². The molecule has 0 spiro atoms. The smallest absolute Gasteiger partial charge is 0.257 e. The molecule has 0 aliphatic heterocycles. The van der Waals surface area contributed by atoms with E-state index >= 15 is 0 Å². The Morgan fingerprint density at radius 3 is 2.67 bits per heavy atom. The van der Waals surface area contributed by atoms with Crippen molar-refractivity contribution in [2.75, 3.05) is 19.8 Å². The van der Waals surface area contributed by atoms with Crippen molar-refractivity contribution in [2.45, 2.75) is 27.2 Å². The maximum absolute atomic E-state index is 11.7. The Hall–Kier alpha value is -1.88. The normalized spacial score (nSPS) is 11.0. The van der Waals surface area contributed by atoms with Gasteiger partial charge in [-0.3, -0.25) is 9.59 Å². The van der Waals surface area contributed by atoms with Crippen LogP contribution in [0.5, 0.6) is 5.75 Å². The van der Waals surface area contributed by atoms with Gasteiger partial charge in [-0.25, -0.2) is 0 Å². The zero-order valence-corrected chi connectivity index (χ0v) is 12.8. The molecule has 0 radical (unpaired) electrons. The minimum absolute atomic E-state index is 0.0457. The van der Waals surface area contributed by atoms with Crippen LogP contribution in [-0.4, -0.2) is 36.6 Å². The molecular formula is C16H23NO4. The highest BCUT2D eigenvalue weighted by molar-refractivity contribution is 5.94. The van der Waals surface area contributed by atoms with Gasteiger partial charge >= 0.3 is 0 Å². The molecular weight excluding hydrogens is 270 g/mol. The Morgan fingerprint density at radius 2 is 2.05 bits per heavy atom. The number of aliphatic hydroxyl groups is 1. The number of nitrogens with one attached hydrogen (secondary N) is 1. The van der Waals surface area contributed by atoms with Gasteiger partial charge in [0.25, 0.3) is 5.91 Å². The van der Waals surface area contributed by atoms with Gasteiger partial charge < -0.3 is 15.2 Å². The summed E-state index contributed by atoms with van der Waals surface area (Å²) in [7, 11) is 0. The first kappa shape index (κ1) is 17.2. The minimum atomic E-state index is -0.228. The maximum atomic E-state index is 11.7. The molecule has 1 aromatic rings. The summed E-state index contributed by atoms with van der Waals surface area (Å²) in [5.41, 5.74) is 0.399. The largest absolute Gasteiger partial charge is 0.484 e. The number of amides is 1. The van der Waals surface area contributed by atoms with Crippen LogP contribution < -0.4 is 10.1 Å². The van der Waals surface area contributed by atoms with Crippen LogP contribution in [-0.2, 0) is 4.79 Å². The molecule has 5 nitrogen and oxygen atoms in total. The van der Waals surface area contributed by atoms with Crippen LogP contribution in [0.4, 0.5) is 0 Å². The van der Waals surface area contributed by atoms with Crippen molar-refractivity contribution in [2.24, 2.45) is 5.41 Å². The lowest BCUT2D eigenvalue weighted by Crippen LogP contribution is -2.37. The zero-order valence-electron chi connectivity index (χ0n) is 12.8. The van der Waals surface area contributed by atoms with E-state index in [-0.39, 0.29) is 30.3 Å². The summed E-state index contributed by atoms with van der Waals surface area (Å²) in [6, 6.07) is 6.74. The predicted molar refractivity (Wildman–Crippen MR) is 80.4 cm³/mol. The van der Waals surface area contributed by atoms with Crippen LogP contribution in [0.1, 0.15) is 37.6 Å². The minimum Gasteiger partial charge on any atom is -0.484 e. The van der Waals surface area contributed by atoms with Crippen molar-refractivity contribution in [3.8, 4) is 5.75 Å². The molecule has 0 aliphatic rings. The number of ether oxygens (including phenoxy) is 1. The van der Waals surface area contributed by atoms with Crippen molar-refractivity contribution in [3.05, 3.63) is 29.8 Å². The molecule has 5 heteroatoms. The molecule has 0 heterocycles. The van der Waals surface area contributed by atoms with Crippen molar-refractivity contribution >= 4 is 11.7 Å². The second kappa shape index (κ2) is 7.78. The van der Waals surface area contributed by atoms with Gasteiger partial charge in [-0.05, 0) is 30.9 Å². The summed E-state index contributed by atoms with van der Waals surface area (Å²) in [6.45, 7) is 5.90. The summed E-state index contributed by atoms with van der Waals surface area (Å²) in [4.78, 5) is 23.0. The third-order valence-corrected chi connectivity index (χ3v) is 3.16. The van der Waals surface area contributed by atoms with Gasteiger partial charge in [-0.2, -0.15) is 0 Å². The molecule has 0 saturated carbocycles. The highest BCUT2D eigenvalue weighted by Crippen LogP contribution is 2.18. The summed E-state index contributed by atoms with van der Waals surface area (Å²) in [5, 5.41) is 11.7. The van der Waals surface area contributed by atoms with Gasteiger partial charge in [0.15, 0.2) is 12.4 Å². The van der Waals surface area contributed by atoms with Gasteiger partial charge in [0.2, 0.25) is 0 Å². The lowest BCUT2D eigenvalue weighted by Gasteiger charge is -2.23. The average Bonchev–Trinajstić information content (AvgIpc) is 2.43. The average molecular weight is 293 g/mol. The second-order valence-electron chi connectivity index (χ2n) is 5.79. The Balaban J connectivity index is 2.43. The Labute approximate surface area is 125 Å². The fraction of sp³-hybridized carbons (Fsp3) is 0.500. The second-order valence-corrected chi connectivity index (χ2v) is 5.79. The number of carbonyl (C=O) groups is 2. The van der Waals surface area contributed by atoms with Crippen molar-refractivity contribution in [3.63, 3.8) is 0 Å². The molecule has 1 amide bonds. The fourth-order valence-electron chi connectivity index (χ4n) is 1.73. The first-order valence-corrected chi connectivity index (χ1v) is 6.95. The SMILES string of the molecule is CC(=O)c1cccc(OCC(=O)NCC(C)(C)CCO)c1. The standard InChI is InChI=1S/C16H23NO4/c1-12(19)13-5-4-6-14(9-13)21-10-15(20)17-11-16(2,3)7-8-18/h4-6,9,18H,7-8,10-11H2,1-3H3,(H,17,20). The Morgan fingerprint density at radius 1 is 1.33 bits per heavy atom. The first-order chi connectivity index (χ1) is 9.84. The Kier molecular flexibility index (Phi) is 6.37. The van der Waals surface area contributed by atoms with E-state index in [0.717, 1.165) is 0 Å². The molecule has 0 saturated heterocycles. The molecule has 21 heavy (non-hydrogen) atoms. The molecule has 1 rings (SSSR count). The number of benzene rings is 1. The highest BCUT2D eigenvalue weighted by atomic mass is 16.5. The lowest BCUT2D eigenvalue weighted by atomic mass is 9.90. The van der Waals surface area contributed by atoms with E-state index in [1.54, 1.807) is 24.3 Å². The zero-order chi connectivity index (χ0) is 15.9. The van der Waals surface area contributed by atoms with E-state index in [0.29, 0.717) is 24.3 Å². The van der Waals surface area contributed by atoms with E-state index in [1.807, 2.05) is 13.8 Å². The molecule has 0 aliphatic carbocycles. The molecule has 0 atom stereocenters. The van der Waals surface area contributed by atoms with E-state index in [1.165, 1.54) is 6.92 Å². The van der Waals surface area contributed by atoms with Crippen molar-refractivity contribution in [1.29, 1.82) is 0 Å². The lowest BCUT2D eigenvalue weighted by molar-refractivity contribution is -0.123.